The average Bonchev–Trinajstić information content (AvgIpc) is 3.18. The number of carbonyl (C=O) groups excluding carboxylic acids is 1. The number of hydrogen-bond acceptors (Lipinski definition) is 3. The summed E-state index contributed by atoms with van der Waals surface area (Å²) in [6.07, 6.45) is 0.747. The third-order valence-electron chi connectivity index (χ3n) is 3.76. The molecule has 0 saturated carbocycles. The van der Waals surface area contributed by atoms with E-state index in [9.17, 15) is 4.79 Å². The van der Waals surface area contributed by atoms with Crippen LogP contribution in [0.2, 0.25) is 0 Å². The van der Waals surface area contributed by atoms with Gasteiger partial charge in [-0.05, 0) is 31.0 Å². The number of H-pyrrole nitrogens is 1. The fourth-order valence-corrected chi connectivity index (χ4v) is 3.40. The molecule has 2 aromatic heterocycles. The van der Waals surface area contributed by atoms with E-state index in [0.29, 0.717) is 5.82 Å². The van der Waals surface area contributed by atoms with Crippen molar-refractivity contribution in [2.75, 3.05) is 5.32 Å². The summed E-state index contributed by atoms with van der Waals surface area (Å²) in [4.78, 5) is 14.9. The van der Waals surface area contributed by atoms with E-state index in [0.717, 1.165) is 22.6 Å². The van der Waals surface area contributed by atoms with Gasteiger partial charge in [0.1, 0.15) is 0 Å². The number of nitrogens with one attached hydrogen (secondary N) is 2. The number of amides is 1. The predicted octanol–water partition coefficient (Wildman–Crippen LogP) is 4.58. The molecule has 3 aromatic rings. The summed E-state index contributed by atoms with van der Waals surface area (Å²) in [6, 6.07) is 15.8. The van der Waals surface area contributed by atoms with Crippen molar-refractivity contribution in [2.45, 2.75) is 26.2 Å². The van der Waals surface area contributed by atoms with Crippen LogP contribution in [0.3, 0.4) is 0 Å². The first-order valence-electron chi connectivity index (χ1n) is 7.65. The van der Waals surface area contributed by atoms with E-state index in [4.69, 9.17) is 0 Å². The molecule has 1 aromatic carbocycles. The number of aromatic nitrogens is 2. The Morgan fingerprint density at radius 3 is 2.70 bits per heavy atom. The number of carbonyl (C=O) groups is 1. The lowest BCUT2D eigenvalue weighted by atomic mass is 9.96. The van der Waals surface area contributed by atoms with Crippen LogP contribution in [0.5, 0.6) is 0 Å². The molecule has 5 heteroatoms. The van der Waals surface area contributed by atoms with Gasteiger partial charge in [0.05, 0.1) is 16.5 Å². The van der Waals surface area contributed by atoms with Crippen molar-refractivity contribution in [1.29, 1.82) is 0 Å². The van der Waals surface area contributed by atoms with Crippen molar-refractivity contribution >= 4 is 23.1 Å². The van der Waals surface area contributed by atoms with Crippen LogP contribution < -0.4 is 5.32 Å². The van der Waals surface area contributed by atoms with E-state index in [-0.39, 0.29) is 11.8 Å². The second-order valence-corrected chi connectivity index (χ2v) is 6.73. The van der Waals surface area contributed by atoms with Crippen LogP contribution in [-0.4, -0.2) is 16.1 Å². The zero-order valence-electron chi connectivity index (χ0n) is 13.2. The summed E-state index contributed by atoms with van der Waals surface area (Å²) in [6.45, 7) is 4.08. The van der Waals surface area contributed by atoms with Gasteiger partial charge in [0.15, 0.2) is 5.82 Å². The summed E-state index contributed by atoms with van der Waals surface area (Å²) in [5, 5.41) is 10.1. The second kappa shape index (κ2) is 6.79. The maximum atomic E-state index is 12.5. The van der Waals surface area contributed by atoms with Crippen molar-refractivity contribution in [3.8, 4) is 10.6 Å². The molecule has 118 valence electrons. The van der Waals surface area contributed by atoms with E-state index in [1.165, 1.54) is 4.88 Å². The Hall–Kier alpha value is -2.40. The number of aromatic amines is 1. The van der Waals surface area contributed by atoms with Gasteiger partial charge in [-0.15, -0.1) is 11.3 Å². The van der Waals surface area contributed by atoms with Gasteiger partial charge in [0.2, 0.25) is 5.91 Å². The molecular weight excluding hydrogens is 306 g/mol. The second-order valence-electron chi connectivity index (χ2n) is 5.44. The van der Waals surface area contributed by atoms with Crippen LogP contribution in [0.4, 0.5) is 5.82 Å². The Morgan fingerprint density at radius 2 is 2.04 bits per heavy atom. The number of hydrogen-bond donors (Lipinski definition) is 2. The lowest BCUT2D eigenvalue weighted by molar-refractivity contribution is -0.117. The first kappa shape index (κ1) is 15.5. The third kappa shape index (κ3) is 3.51. The summed E-state index contributed by atoms with van der Waals surface area (Å²) in [5.41, 5.74) is 1.95. The lowest BCUT2D eigenvalue weighted by Crippen LogP contribution is -2.20. The fourth-order valence-electron chi connectivity index (χ4n) is 2.56. The molecule has 0 fully saturated rings. The number of aryl methyl sites for hydroxylation is 1. The van der Waals surface area contributed by atoms with Gasteiger partial charge in [-0.1, -0.05) is 37.3 Å². The minimum absolute atomic E-state index is 0.0286. The van der Waals surface area contributed by atoms with Gasteiger partial charge in [0.25, 0.3) is 0 Å². The van der Waals surface area contributed by atoms with E-state index in [1.807, 2.05) is 43.3 Å². The van der Waals surface area contributed by atoms with Crippen molar-refractivity contribution < 1.29 is 4.79 Å². The van der Waals surface area contributed by atoms with E-state index in [1.54, 1.807) is 11.3 Å². The van der Waals surface area contributed by atoms with E-state index < -0.39 is 0 Å². The zero-order valence-corrected chi connectivity index (χ0v) is 14.0. The molecule has 1 amide bonds. The molecule has 0 aliphatic carbocycles. The SMILES string of the molecule is CCC(C(=O)Nc1cc(-c2ccc(C)s2)[nH]n1)c1ccccc1. The molecule has 0 saturated heterocycles. The maximum Gasteiger partial charge on any atom is 0.233 e. The highest BCUT2D eigenvalue weighted by Gasteiger charge is 2.19. The molecule has 0 aliphatic rings. The largest absolute Gasteiger partial charge is 0.309 e. The van der Waals surface area contributed by atoms with Crippen LogP contribution in [0.25, 0.3) is 10.6 Å². The normalized spacial score (nSPS) is 12.1. The molecule has 1 unspecified atom stereocenters. The van der Waals surface area contributed by atoms with Crippen LogP contribution in [0.15, 0.2) is 48.5 Å². The number of rotatable bonds is 5. The van der Waals surface area contributed by atoms with Gasteiger partial charge in [-0.2, -0.15) is 5.10 Å². The topological polar surface area (TPSA) is 57.8 Å². The van der Waals surface area contributed by atoms with Gasteiger partial charge in [0, 0.05) is 10.9 Å². The molecule has 2 heterocycles. The molecule has 0 bridgehead atoms. The summed E-state index contributed by atoms with van der Waals surface area (Å²) in [5.74, 6) is 0.366. The molecule has 3 rings (SSSR count). The summed E-state index contributed by atoms with van der Waals surface area (Å²) < 4.78 is 0. The highest BCUT2D eigenvalue weighted by atomic mass is 32.1. The molecule has 0 aliphatic heterocycles. The van der Waals surface area contributed by atoms with Crippen LogP contribution in [-0.2, 0) is 4.79 Å². The molecule has 0 radical (unpaired) electrons. The Bertz CT molecular complexity index is 791. The third-order valence-corrected chi connectivity index (χ3v) is 4.80. The minimum atomic E-state index is -0.166. The smallest absolute Gasteiger partial charge is 0.233 e. The van der Waals surface area contributed by atoms with E-state index >= 15 is 0 Å². The highest BCUT2D eigenvalue weighted by molar-refractivity contribution is 7.15. The first-order valence-corrected chi connectivity index (χ1v) is 8.47. The summed E-state index contributed by atoms with van der Waals surface area (Å²) >= 11 is 1.70. The van der Waals surface area contributed by atoms with Crippen molar-refractivity contribution in [3.05, 3.63) is 59.0 Å². The van der Waals surface area contributed by atoms with Gasteiger partial charge >= 0.3 is 0 Å². The van der Waals surface area contributed by atoms with E-state index in [2.05, 4.69) is 34.6 Å². The van der Waals surface area contributed by atoms with Crippen LogP contribution >= 0.6 is 11.3 Å². The van der Waals surface area contributed by atoms with Crippen LogP contribution in [0.1, 0.15) is 29.7 Å². The van der Waals surface area contributed by atoms with Crippen molar-refractivity contribution in [2.24, 2.45) is 0 Å². The summed E-state index contributed by atoms with van der Waals surface area (Å²) in [7, 11) is 0. The fraction of sp³-hybridized carbons (Fsp3) is 0.222. The van der Waals surface area contributed by atoms with Gasteiger partial charge in [-0.25, -0.2) is 0 Å². The quantitative estimate of drug-likeness (QED) is 0.721. The number of benzene rings is 1. The number of anilines is 1. The molecule has 23 heavy (non-hydrogen) atoms. The number of thiophene rings is 1. The molecule has 4 nitrogen and oxygen atoms in total. The Morgan fingerprint density at radius 1 is 1.26 bits per heavy atom. The monoisotopic (exact) mass is 325 g/mol. The standard InChI is InChI=1S/C18H19N3OS/c1-3-14(13-7-5-4-6-8-13)18(22)19-17-11-15(20-21-17)16-10-9-12(2)23-16/h4-11,14H,3H2,1-2H3,(H2,19,20,21,22). The van der Waals surface area contributed by atoms with Crippen molar-refractivity contribution in [1.82, 2.24) is 10.2 Å². The lowest BCUT2D eigenvalue weighted by Gasteiger charge is -2.14. The molecule has 2 N–H and O–H groups in total. The van der Waals surface area contributed by atoms with Crippen LogP contribution in [0, 0.1) is 6.92 Å². The molecule has 0 spiro atoms. The highest BCUT2D eigenvalue weighted by Crippen LogP contribution is 2.28. The van der Waals surface area contributed by atoms with Crippen molar-refractivity contribution in [3.63, 3.8) is 0 Å². The molecule has 1 atom stereocenters. The Labute approximate surface area is 139 Å². The number of nitrogens with zero attached hydrogens (tertiary/aromatic N) is 1. The van der Waals surface area contributed by atoms with Gasteiger partial charge in [-0.3, -0.25) is 9.89 Å². The van der Waals surface area contributed by atoms with Gasteiger partial charge < -0.3 is 5.32 Å². The average molecular weight is 325 g/mol. The Kier molecular flexibility index (Phi) is 4.57. The first-order chi connectivity index (χ1) is 11.2. The minimum Gasteiger partial charge on any atom is -0.309 e. The maximum absolute atomic E-state index is 12.5. The predicted molar refractivity (Wildman–Crippen MR) is 94.7 cm³/mol. The Balaban J connectivity index is 1.74. The molecular formula is C18H19N3OS. The zero-order chi connectivity index (χ0) is 16.2.